The molecule has 2 aliphatic carbocycles. The third-order valence-electron chi connectivity index (χ3n) is 11.2. The summed E-state index contributed by atoms with van der Waals surface area (Å²) < 4.78 is 65.3. The summed E-state index contributed by atoms with van der Waals surface area (Å²) in [4.78, 5) is 41.9. The average Bonchev–Trinajstić information content (AvgIpc) is 3.27. The van der Waals surface area contributed by atoms with Crippen molar-refractivity contribution in [3.63, 3.8) is 0 Å². The largest absolute Gasteiger partial charge is 0.389 e. The smallest absolute Gasteiger partial charge is 0.376 e. The Labute approximate surface area is 276 Å². The van der Waals surface area contributed by atoms with Crippen LogP contribution in [0, 0.1) is 22.7 Å². The van der Waals surface area contributed by atoms with Crippen LogP contribution in [-0.4, -0.2) is 95.8 Å². The zero-order valence-electron chi connectivity index (χ0n) is 28.5. The molecule has 0 aromatic rings. The Morgan fingerprint density at radius 3 is 2.17 bits per heavy atom. The number of carbonyl (C=O) groups is 3. The van der Waals surface area contributed by atoms with E-state index in [1.54, 1.807) is 4.90 Å². The Hall–Kier alpha value is -1.97. The zero-order valence-corrected chi connectivity index (χ0v) is 29.3. The zero-order chi connectivity index (χ0) is 35.3. The summed E-state index contributed by atoms with van der Waals surface area (Å²) >= 11 is 0. The lowest BCUT2D eigenvalue weighted by Crippen LogP contribution is -2.66. The van der Waals surface area contributed by atoms with Gasteiger partial charge in [0.1, 0.15) is 6.23 Å². The predicted molar refractivity (Wildman–Crippen MR) is 171 cm³/mol. The highest BCUT2D eigenvalue weighted by Crippen LogP contribution is 2.65. The first kappa shape index (κ1) is 37.8. The second-order valence-corrected chi connectivity index (χ2v) is 18.4. The van der Waals surface area contributed by atoms with Crippen LogP contribution in [0.4, 0.5) is 18.0 Å². The molecular weight excluding hydrogens is 639 g/mol. The van der Waals surface area contributed by atoms with Crippen molar-refractivity contribution in [3.05, 3.63) is 0 Å². The Kier molecular flexibility index (Phi) is 10.8. The standard InChI is InChI=1S/C32H54F3N5O6S/c1-18(36)24(41)20(12-15-32(33,34)35)37-26(42)23-22-19(30(22,5)6)17-40(23)27(43)25(29(2,3)4)38-28(44)39-31(13-8-7-9-14-31)21-11-10-16-47(21,45)46/h18-23,25,27,43H,7-17,36H2,1-6H3,(H,37,42)(H2,38,39,44)/t18?,19?,20?,21?,22?,23?,25-,27?/m1/s1. The molecule has 4 rings (SSSR count). The number of rotatable bonds is 11. The van der Waals surface area contributed by atoms with Crippen LogP contribution in [0.2, 0.25) is 0 Å². The molecule has 0 aromatic heterocycles. The number of Topliss-reactive ketones (excluding diaryl/α,β-unsaturated/α-hetero) is 1. The van der Waals surface area contributed by atoms with Crippen LogP contribution >= 0.6 is 0 Å². The summed E-state index contributed by atoms with van der Waals surface area (Å²) in [6.45, 7) is 11.1. The normalized spacial score (nSPS) is 30.8. The maximum Gasteiger partial charge on any atom is 0.389 e. The first-order chi connectivity index (χ1) is 21.5. The van der Waals surface area contributed by atoms with Crippen molar-refractivity contribution in [2.45, 2.75) is 147 Å². The van der Waals surface area contributed by atoms with Crippen LogP contribution in [0.1, 0.15) is 99.3 Å². The third-order valence-corrected chi connectivity index (χ3v) is 13.7. The van der Waals surface area contributed by atoms with E-state index in [2.05, 4.69) is 16.0 Å². The molecule has 0 aromatic carbocycles. The molecule has 270 valence electrons. The molecule has 2 saturated heterocycles. The van der Waals surface area contributed by atoms with E-state index in [4.69, 9.17) is 5.73 Å². The molecule has 0 spiro atoms. The summed E-state index contributed by atoms with van der Waals surface area (Å²) in [5.74, 6) is -1.54. The minimum Gasteiger partial charge on any atom is -0.376 e. The molecule has 47 heavy (non-hydrogen) atoms. The van der Waals surface area contributed by atoms with E-state index in [0.29, 0.717) is 32.2 Å². The first-order valence-electron chi connectivity index (χ1n) is 16.9. The molecule has 4 fully saturated rings. The van der Waals surface area contributed by atoms with E-state index in [0.717, 1.165) is 19.3 Å². The van der Waals surface area contributed by atoms with Gasteiger partial charge in [-0.1, -0.05) is 53.9 Å². The van der Waals surface area contributed by atoms with Gasteiger partial charge in [-0.2, -0.15) is 13.2 Å². The number of nitrogens with zero attached hydrogens (tertiary/aromatic N) is 1. The highest BCUT2D eigenvalue weighted by molar-refractivity contribution is 7.92. The Morgan fingerprint density at radius 1 is 1.04 bits per heavy atom. The molecule has 7 unspecified atom stereocenters. The number of ketones is 1. The maximum atomic E-state index is 13.9. The van der Waals surface area contributed by atoms with Crippen LogP contribution < -0.4 is 21.7 Å². The molecule has 0 radical (unpaired) electrons. The number of alkyl halides is 3. The highest BCUT2D eigenvalue weighted by atomic mass is 32.2. The minimum absolute atomic E-state index is 0.00168. The molecule has 15 heteroatoms. The molecule has 11 nitrogen and oxygen atoms in total. The molecule has 6 N–H and O–H groups in total. The van der Waals surface area contributed by atoms with Crippen LogP contribution in [0.25, 0.3) is 0 Å². The van der Waals surface area contributed by atoms with Crippen LogP contribution in [-0.2, 0) is 19.4 Å². The summed E-state index contributed by atoms with van der Waals surface area (Å²) in [5, 5.41) is 19.7. The number of nitrogens with two attached hydrogens (primary N) is 1. The summed E-state index contributed by atoms with van der Waals surface area (Å²) in [7, 11) is -3.38. The van der Waals surface area contributed by atoms with Crippen LogP contribution in [0.5, 0.6) is 0 Å². The van der Waals surface area contributed by atoms with Crippen molar-refractivity contribution >= 4 is 27.6 Å². The van der Waals surface area contributed by atoms with Gasteiger partial charge < -0.3 is 26.8 Å². The van der Waals surface area contributed by atoms with Crippen molar-refractivity contribution in [2.75, 3.05) is 12.3 Å². The van der Waals surface area contributed by atoms with Gasteiger partial charge in [-0.3, -0.25) is 14.5 Å². The molecule has 4 aliphatic rings. The van der Waals surface area contributed by atoms with Gasteiger partial charge >= 0.3 is 12.2 Å². The van der Waals surface area contributed by atoms with Gasteiger partial charge in [0.15, 0.2) is 15.6 Å². The number of nitrogens with one attached hydrogen (secondary N) is 3. The number of carbonyl (C=O) groups excluding carboxylic acids is 3. The topological polar surface area (TPSA) is 171 Å². The van der Waals surface area contributed by atoms with Gasteiger partial charge in [0.25, 0.3) is 0 Å². The van der Waals surface area contributed by atoms with Gasteiger partial charge in [0.05, 0.1) is 40.7 Å². The van der Waals surface area contributed by atoms with Crippen molar-refractivity contribution in [2.24, 2.45) is 28.4 Å². The van der Waals surface area contributed by atoms with E-state index in [9.17, 15) is 41.1 Å². The lowest BCUT2D eigenvalue weighted by atomic mass is 9.78. The minimum atomic E-state index is -4.54. The second-order valence-electron chi connectivity index (χ2n) is 16.1. The van der Waals surface area contributed by atoms with Gasteiger partial charge in [0.2, 0.25) is 5.91 Å². The van der Waals surface area contributed by atoms with E-state index in [1.807, 2.05) is 34.6 Å². The number of hydrogen-bond acceptors (Lipinski definition) is 8. The molecule has 2 aliphatic heterocycles. The van der Waals surface area contributed by atoms with E-state index >= 15 is 0 Å². The number of hydrogen-bond donors (Lipinski definition) is 5. The number of fused-ring (bicyclic) bond motifs is 1. The van der Waals surface area contributed by atoms with Gasteiger partial charge in [-0.25, -0.2) is 13.2 Å². The van der Waals surface area contributed by atoms with Crippen molar-refractivity contribution in [3.8, 4) is 0 Å². The quantitative estimate of drug-likeness (QED) is 0.220. The molecule has 2 saturated carbocycles. The average molecular weight is 694 g/mol. The monoisotopic (exact) mass is 693 g/mol. The summed E-state index contributed by atoms with van der Waals surface area (Å²) in [5.41, 5.74) is 3.78. The molecule has 3 amide bonds. The van der Waals surface area contributed by atoms with Crippen molar-refractivity contribution < 1.29 is 41.1 Å². The number of urea groups is 1. The highest BCUT2D eigenvalue weighted by Gasteiger charge is 2.69. The fourth-order valence-corrected chi connectivity index (χ4v) is 10.9. The van der Waals surface area contributed by atoms with E-state index < -0.39 is 93.2 Å². The number of piperidine rings is 1. The fraction of sp³-hybridized carbons (Fsp3) is 0.906. The van der Waals surface area contributed by atoms with Gasteiger partial charge in [0, 0.05) is 13.0 Å². The first-order valence-corrected chi connectivity index (χ1v) is 18.6. The third kappa shape index (κ3) is 8.09. The number of amides is 3. The summed E-state index contributed by atoms with van der Waals surface area (Å²) in [6, 6.07) is -5.05. The Bertz CT molecular complexity index is 1290. The maximum absolute atomic E-state index is 13.9. The number of aliphatic hydroxyl groups is 1. The van der Waals surface area contributed by atoms with Crippen molar-refractivity contribution in [1.29, 1.82) is 0 Å². The van der Waals surface area contributed by atoms with Crippen LogP contribution in [0.3, 0.4) is 0 Å². The fourth-order valence-electron chi connectivity index (χ4n) is 8.52. The second kappa shape index (κ2) is 13.4. The lowest BCUT2D eigenvalue weighted by Gasteiger charge is -2.45. The van der Waals surface area contributed by atoms with Crippen molar-refractivity contribution in [1.82, 2.24) is 20.9 Å². The predicted octanol–water partition coefficient (Wildman–Crippen LogP) is 3.00. The molecule has 8 atom stereocenters. The molecule has 0 bridgehead atoms. The number of likely N-dealkylation sites (tertiary alicyclic amines) is 1. The van der Waals surface area contributed by atoms with Crippen LogP contribution in [0.15, 0.2) is 0 Å². The number of sulfone groups is 1. The number of halogens is 3. The Morgan fingerprint density at radius 2 is 1.66 bits per heavy atom. The Balaban J connectivity index is 1.56. The van der Waals surface area contributed by atoms with E-state index in [1.165, 1.54) is 6.92 Å². The number of aliphatic hydroxyl groups excluding tert-OH is 1. The summed E-state index contributed by atoms with van der Waals surface area (Å²) in [6.07, 6.45) is -3.23. The lowest BCUT2D eigenvalue weighted by molar-refractivity contribution is -0.144. The molecule has 2 heterocycles. The SMILES string of the molecule is CC(N)C(=O)C(CCC(F)(F)F)NC(=O)C1C2C(CN1C(O)[C@@H](NC(=O)NC1(C3CCCS3(=O)=O)CCCCC1)C(C)(C)C)C2(C)C. The van der Waals surface area contributed by atoms with Gasteiger partial charge in [-0.05, 0) is 61.7 Å². The van der Waals surface area contributed by atoms with Gasteiger partial charge in [-0.15, -0.1) is 0 Å². The van der Waals surface area contributed by atoms with E-state index in [-0.39, 0.29) is 23.0 Å². The molecular formula is C32H54F3N5O6S.